The van der Waals surface area contributed by atoms with E-state index in [-0.39, 0.29) is 0 Å². The number of nitrogens with zero attached hydrogens (tertiary/aromatic N) is 5. The molecule has 4 rings (SSSR count). The largest absolute Gasteiger partial charge is 0.409 e. The lowest BCUT2D eigenvalue weighted by molar-refractivity contribution is 0.0227. The van der Waals surface area contributed by atoms with Gasteiger partial charge in [-0.1, -0.05) is 0 Å². The summed E-state index contributed by atoms with van der Waals surface area (Å²) in [5, 5.41) is 4.67. The van der Waals surface area contributed by atoms with Crippen LogP contribution in [0.3, 0.4) is 0 Å². The molecule has 0 N–H and O–H groups in total. The van der Waals surface area contributed by atoms with E-state index in [4.69, 9.17) is 21.4 Å². The van der Waals surface area contributed by atoms with Gasteiger partial charge in [0.2, 0.25) is 5.89 Å². The SMILES string of the molecule is CCN(CC)c1ccc(-c2nn(CN3CCC(CN4CCOCC4)CC3)c(=S)o2)cc1. The van der Waals surface area contributed by atoms with E-state index in [0.717, 1.165) is 64.0 Å². The summed E-state index contributed by atoms with van der Waals surface area (Å²) in [5.74, 6) is 1.37. The number of benzene rings is 1. The highest BCUT2D eigenvalue weighted by molar-refractivity contribution is 7.71. The summed E-state index contributed by atoms with van der Waals surface area (Å²) in [6, 6.07) is 8.38. The maximum absolute atomic E-state index is 5.82. The molecule has 2 aromatic rings. The number of anilines is 1. The molecule has 0 unspecified atom stereocenters. The fourth-order valence-electron chi connectivity index (χ4n) is 4.56. The Kier molecular flexibility index (Phi) is 7.76. The molecule has 0 amide bonds. The second kappa shape index (κ2) is 10.7. The molecule has 8 heteroatoms. The molecule has 170 valence electrons. The minimum atomic E-state index is 0.443. The first kappa shape index (κ1) is 22.5. The van der Waals surface area contributed by atoms with E-state index >= 15 is 0 Å². The molecule has 0 aliphatic carbocycles. The van der Waals surface area contributed by atoms with Gasteiger partial charge in [-0.15, -0.1) is 5.10 Å². The van der Waals surface area contributed by atoms with Crippen molar-refractivity contribution in [3.63, 3.8) is 0 Å². The Balaban J connectivity index is 1.32. The monoisotopic (exact) mass is 445 g/mol. The highest BCUT2D eigenvalue weighted by Gasteiger charge is 2.23. The summed E-state index contributed by atoms with van der Waals surface area (Å²) in [7, 11) is 0. The van der Waals surface area contributed by atoms with Gasteiger partial charge in [0.15, 0.2) is 0 Å². The zero-order valence-electron chi connectivity index (χ0n) is 18.8. The summed E-state index contributed by atoms with van der Waals surface area (Å²) in [5.41, 5.74) is 2.18. The normalized spacial score (nSPS) is 19.0. The predicted octanol–water partition coefficient (Wildman–Crippen LogP) is 3.72. The first-order valence-electron chi connectivity index (χ1n) is 11.6. The van der Waals surface area contributed by atoms with Gasteiger partial charge in [-0.2, -0.15) is 0 Å². The van der Waals surface area contributed by atoms with Gasteiger partial charge in [-0.05, 0) is 69.1 Å². The quantitative estimate of drug-likeness (QED) is 0.574. The number of rotatable bonds is 8. The number of hydrogen-bond donors (Lipinski definition) is 0. The number of hydrogen-bond acceptors (Lipinski definition) is 7. The van der Waals surface area contributed by atoms with Crippen molar-refractivity contribution in [2.45, 2.75) is 33.4 Å². The van der Waals surface area contributed by atoms with Gasteiger partial charge in [-0.3, -0.25) is 9.80 Å². The fraction of sp³-hybridized carbons (Fsp3) is 0.652. The van der Waals surface area contributed by atoms with Crippen LogP contribution < -0.4 is 4.90 Å². The highest BCUT2D eigenvalue weighted by atomic mass is 32.1. The van der Waals surface area contributed by atoms with E-state index in [1.165, 1.54) is 25.1 Å². The molecule has 0 bridgehead atoms. The minimum Gasteiger partial charge on any atom is -0.409 e. The second-order valence-corrected chi connectivity index (χ2v) is 8.86. The molecule has 0 saturated carbocycles. The minimum absolute atomic E-state index is 0.443. The third kappa shape index (κ3) is 5.74. The van der Waals surface area contributed by atoms with Crippen molar-refractivity contribution >= 4 is 17.9 Å². The molecule has 2 aliphatic rings. The number of piperidine rings is 1. The number of ether oxygens (including phenoxy) is 1. The van der Waals surface area contributed by atoms with Crippen molar-refractivity contribution in [2.24, 2.45) is 5.92 Å². The summed E-state index contributed by atoms with van der Waals surface area (Å²) in [6.07, 6.45) is 2.45. The van der Waals surface area contributed by atoms with Crippen LogP contribution in [-0.2, 0) is 11.4 Å². The van der Waals surface area contributed by atoms with Crippen molar-refractivity contribution in [3.8, 4) is 11.5 Å². The highest BCUT2D eigenvalue weighted by Crippen LogP contribution is 2.23. The molecule has 1 aromatic carbocycles. The van der Waals surface area contributed by atoms with Crippen LogP contribution in [0.15, 0.2) is 28.7 Å². The third-order valence-electron chi connectivity index (χ3n) is 6.51. The summed E-state index contributed by atoms with van der Waals surface area (Å²) in [4.78, 5) is 7.75. The first-order chi connectivity index (χ1) is 15.2. The van der Waals surface area contributed by atoms with Crippen LogP contribution >= 0.6 is 12.2 Å². The van der Waals surface area contributed by atoms with Crippen LogP contribution in [0.1, 0.15) is 26.7 Å². The Morgan fingerprint density at radius 3 is 2.32 bits per heavy atom. The van der Waals surface area contributed by atoms with Crippen molar-refractivity contribution in [1.29, 1.82) is 0 Å². The van der Waals surface area contributed by atoms with Crippen LogP contribution in [0.5, 0.6) is 0 Å². The molecule has 0 atom stereocenters. The van der Waals surface area contributed by atoms with E-state index < -0.39 is 0 Å². The lowest BCUT2D eigenvalue weighted by Crippen LogP contribution is -2.43. The van der Waals surface area contributed by atoms with Gasteiger partial charge >= 0.3 is 0 Å². The Hall–Kier alpha value is -1.74. The maximum Gasteiger partial charge on any atom is 0.288 e. The molecule has 3 heterocycles. The van der Waals surface area contributed by atoms with Crippen LogP contribution in [0.25, 0.3) is 11.5 Å². The molecule has 31 heavy (non-hydrogen) atoms. The van der Waals surface area contributed by atoms with Gasteiger partial charge in [0.25, 0.3) is 4.84 Å². The van der Waals surface area contributed by atoms with Gasteiger partial charge in [0, 0.05) is 57.1 Å². The maximum atomic E-state index is 5.82. The molecule has 2 saturated heterocycles. The number of aromatic nitrogens is 2. The molecule has 0 spiro atoms. The van der Waals surface area contributed by atoms with Crippen LogP contribution in [0.4, 0.5) is 5.69 Å². The average Bonchev–Trinajstić information content (AvgIpc) is 3.17. The summed E-state index contributed by atoms with van der Waals surface area (Å²) in [6.45, 7) is 14.3. The van der Waals surface area contributed by atoms with E-state index in [1.807, 2.05) is 4.68 Å². The summed E-state index contributed by atoms with van der Waals surface area (Å²) < 4.78 is 13.1. The zero-order chi connectivity index (χ0) is 21.6. The Labute approximate surface area is 190 Å². The number of morpholine rings is 1. The Bertz CT molecular complexity index is 863. The van der Waals surface area contributed by atoms with E-state index in [2.05, 4.69) is 57.9 Å². The van der Waals surface area contributed by atoms with Gasteiger partial charge in [0.1, 0.15) is 0 Å². The van der Waals surface area contributed by atoms with Gasteiger partial charge in [-0.25, -0.2) is 4.68 Å². The zero-order valence-corrected chi connectivity index (χ0v) is 19.6. The fourth-order valence-corrected chi connectivity index (χ4v) is 4.74. The van der Waals surface area contributed by atoms with Gasteiger partial charge < -0.3 is 14.1 Å². The van der Waals surface area contributed by atoms with E-state index in [9.17, 15) is 0 Å². The van der Waals surface area contributed by atoms with Crippen molar-refractivity contribution < 1.29 is 9.15 Å². The Morgan fingerprint density at radius 1 is 1.00 bits per heavy atom. The molecular weight excluding hydrogens is 410 g/mol. The lowest BCUT2D eigenvalue weighted by Gasteiger charge is -2.35. The molecule has 0 radical (unpaired) electrons. The Morgan fingerprint density at radius 2 is 1.68 bits per heavy atom. The van der Waals surface area contributed by atoms with Crippen LogP contribution in [0, 0.1) is 10.8 Å². The summed E-state index contributed by atoms with van der Waals surface area (Å²) >= 11 is 5.46. The molecule has 1 aromatic heterocycles. The van der Waals surface area contributed by atoms with E-state index in [0.29, 0.717) is 17.4 Å². The van der Waals surface area contributed by atoms with Crippen molar-refractivity contribution in [3.05, 3.63) is 29.1 Å². The first-order valence-corrected chi connectivity index (χ1v) is 12.0. The molecule has 7 nitrogen and oxygen atoms in total. The topological polar surface area (TPSA) is 49.9 Å². The lowest BCUT2D eigenvalue weighted by atomic mass is 9.96. The van der Waals surface area contributed by atoms with E-state index in [1.54, 1.807) is 0 Å². The second-order valence-electron chi connectivity index (χ2n) is 8.51. The third-order valence-corrected chi connectivity index (χ3v) is 6.80. The smallest absolute Gasteiger partial charge is 0.288 e. The molecule has 2 fully saturated rings. The molecular formula is C23H35N5O2S. The van der Waals surface area contributed by atoms with Gasteiger partial charge in [0.05, 0.1) is 19.9 Å². The van der Waals surface area contributed by atoms with Crippen molar-refractivity contribution in [1.82, 2.24) is 19.6 Å². The number of likely N-dealkylation sites (tertiary alicyclic amines) is 1. The van der Waals surface area contributed by atoms with Crippen LogP contribution in [0.2, 0.25) is 0 Å². The predicted molar refractivity (Wildman–Crippen MR) is 126 cm³/mol. The standard InChI is InChI=1S/C23H35N5O2S/c1-3-27(4-2)21-7-5-20(6-8-21)22-24-28(23(31)30-22)18-26-11-9-19(10-12-26)17-25-13-15-29-16-14-25/h5-8,19H,3-4,9-18H2,1-2H3. The average molecular weight is 446 g/mol. The van der Waals surface area contributed by atoms with Crippen LogP contribution in [-0.4, -0.2) is 78.6 Å². The van der Waals surface area contributed by atoms with Crippen molar-refractivity contribution in [2.75, 3.05) is 63.9 Å². The molecule has 2 aliphatic heterocycles.